The van der Waals surface area contributed by atoms with Gasteiger partial charge < -0.3 is 5.73 Å². The maximum atomic E-state index is 13.2. The Morgan fingerprint density at radius 2 is 2.06 bits per heavy atom. The lowest BCUT2D eigenvalue weighted by molar-refractivity contribution is 0.163. The number of likely N-dealkylation sites (tertiary alicyclic amines) is 1. The summed E-state index contributed by atoms with van der Waals surface area (Å²) in [5, 5.41) is 0. The van der Waals surface area contributed by atoms with Crippen molar-refractivity contribution < 1.29 is 4.39 Å². The van der Waals surface area contributed by atoms with E-state index in [1.54, 1.807) is 0 Å². The van der Waals surface area contributed by atoms with Gasteiger partial charge in [0, 0.05) is 25.2 Å². The van der Waals surface area contributed by atoms with Crippen molar-refractivity contribution in [2.24, 2.45) is 5.73 Å². The highest BCUT2D eigenvalue weighted by Crippen LogP contribution is 2.27. The Morgan fingerprint density at radius 1 is 1.41 bits per heavy atom. The summed E-state index contributed by atoms with van der Waals surface area (Å²) in [5.74, 6) is -0.207. The molecular weight excluding hydrogens is 283 g/mol. The fraction of sp³-hybridized carbons (Fsp3) is 0.538. The van der Waals surface area contributed by atoms with Crippen LogP contribution in [-0.4, -0.2) is 24.0 Å². The summed E-state index contributed by atoms with van der Waals surface area (Å²) in [7, 11) is 0. The van der Waals surface area contributed by atoms with E-state index in [9.17, 15) is 4.39 Å². The van der Waals surface area contributed by atoms with Gasteiger partial charge in [0.15, 0.2) is 0 Å². The van der Waals surface area contributed by atoms with E-state index in [1.165, 1.54) is 6.07 Å². The van der Waals surface area contributed by atoms with Crippen LogP contribution in [-0.2, 0) is 0 Å². The van der Waals surface area contributed by atoms with Crippen LogP contribution in [0.1, 0.15) is 31.4 Å². The largest absolute Gasteiger partial charge is 0.328 e. The highest BCUT2D eigenvalue weighted by atomic mass is 79.9. The van der Waals surface area contributed by atoms with Gasteiger partial charge in [-0.2, -0.15) is 0 Å². The molecule has 1 aliphatic heterocycles. The van der Waals surface area contributed by atoms with E-state index in [2.05, 4.69) is 27.8 Å². The molecule has 0 amide bonds. The summed E-state index contributed by atoms with van der Waals surface area (Å²) in [6.45, 7) is 4.21. The molecule has 1 aromatic carbocycles. The first-order chi connectivity index (χ1) is 8.08. The molecule has 0 bridgehead atoms. The van der Waals surface area contributed by atoms with Crippen LogP contribution in [0.3, 0.4) is 0 Å². The van der Waals surface area contributed by atoms with E-state index in [0.717, 1.165) is 31.5 Å². The topological polar surface area (TPSA) is 29.3 Å². The molecule has 2 N–H and O–H groups in total. The van der Waals surface area contributed by atoms with Gasteiger partial charge >= 0.3 is 0 Å². The number of hydrogen-bond acceptors (Lipinski definition) is 2. The van der Waals surface area contributed by atoms with Gasteiger partial charge in [0.25, 0.3) is 0 Å². The Kier molecular flexibility index (Phi) is 4.17. The molecule has 1 atom stereocenters. The molecule has 94 valence electrons. The predicted octanol–water partition coefficient (Wildman–Crippen LogP) is 3.07. The van der Waals surface area contributed by atoms with Gasteiger partial charge in [-0.05, 0) is 53.4 Å². The minimum Gasteiger partial charge on any atom is -0.328 e. The molecule has 1 unspecified atom stereocenters. The summed E-state index contributed by atoms with van der Waals surface area (Å²) in [5.41, 5.74) is 7.04. The number of hydrogen-bond donors (Lipinski definition) is 1. The molecule has 0 aliphatic carbocycles. The Labute approximate surface area is 110 Å². The average molecular weight is 301 g/mol. The van der Waals surface area contributed by atoms with Crippen molar-refractivity contribution >= 4 is 15.9 Å². The standard InChI is InChI=1S/C13H18BrFN2/c1-9(17-6-4-11(16)5-7-17)10-2-3-13(15)12(14)8-10/h2-3,8-9,11H,4-7,16H2,1H3. The Morgan fingerprint density at radius 3 is 2.65 bits per heavy atom. The minimum absolute atomic E-state index is 0.207. The SMILES string of the molecule is CC(c1ccc(F)c(Br)c1)N1CCC(N)CC1. The first-order valence-electron chi connectivity index (χ1n) is 6.02. The van der Waals surface area contributed by atoms with Crippen LogP contribution in [0.25, 0.3) is 0 Å². The van der Waals surface area contributed by atoms with E-state index >= 15 is 0 Å². The highest BCUT2D eigenvalue weighted by molar-refractivity contribution is 9.10. The number of halogens is 2. The molecule has 1 fully saturated rings. The van der Waals surface area contributed by atoms with Crippen molar-refractivity contribution in [3.8, 4) is 0 Å². The van der Waals surface area contributed by atoms with Gasteiger partial charge in [-0.3, -0.25) is 4.90 Å². The number of piperidine rings is 1. The van der Waals surface area contributed by atoms with Crippen molar-refractivity contribution in [1.82, 2.24) is 4.90 Å². The quantitative estimate of drug-likeness (QED) is 0.909. The minimum atomic E-state index is -0.207. The molecule has 1 aliphatic rings. The Hall–Kier alpha value is -0.450. The van der Waals surface area contributed by atoms with Gasteiger partial charge in [0.2, 0.25) is 0 Å². The molecule has 2 rings (SSSR count). The number of rotatable bonds is 2. The molecule has 0 spiro atoms. The van der Waals surface area contributed by atoms with Crippen molar-refractivity contribution in [3.63, 3.8) is 0 Å². The van der Waals surface area contributed by atoms with E-state index in [0.29, 0.717) is 16.6 Å². The Balaban J connectivity index is 2.08. The summed E-state index contributed by atoms with van der Waals surface area (Å²) >= 11 is 3.23. The van der Waals surface area contributed by atoms with Crippen LogP contribution in [0.5, 0.6) is 0 Å². The number of benzene rings is 1. The maximum absolute atomic E-state index is 13.2. The monoisotopic (exact) mass is 300 g/mol. The molecular formula is C13H18BrFN2. The third kappa shape index (κ3) is 3.06. The van der Waals surface area contributed by atoms with Crippen molar-refractivity contribution in [1.29, 1.82) is 0 Å². The van der Waals surface area contributed by atoms with Crippen molar-refractivity contribution in [3.05, 3.63) is 34.1 Å². The van der Waals surface area contributed by atoms with Gasteiger partial charge in [-0.15, -0.1) is 0 Å². The molecule has 17 heavy (non-hydrogen) atoms. The lowest BCUT2D eigenvalue weighted by Crippen LogP contribution is -2.40. The molecule has 4 heteroatoms. The number of nitrogens with zero attached hydrogens (tertiary/aromatic N) is 1. The van der Waals surface area contributed by atoms with Gasteiger partial charge in [0.05, 0.1) is 4.47 Å². The zero-order valence-electron chi connectivity index (χ0n) is 10.00. The highest BCUT2D eigenvalue weighted by Gasteiger charge is 2.21. The van der Waals surface area contributed by atoms with Crippen LogP contribution in [0.2, 0.25) is 0 Å². The summed E-state index contributed by atoms with van der Waals surface area (Å²) in [4.78, 5) is 2.41. The fourth-order valence-electron chi connectivity index (χ4n) is 2.29. The second-order valence-corrected chi connectivity index (χ2v) is 5.58. The van der Waals surface area contributed by atoms with E-state index in [1.807, 2.05) is 12.1 Å². The van der Waals surface area contributed by atoms with Crippen LogP contribution >= 0.6 is 15.9 Å². The smallest absolute Gasteiger partial charge is 0.137 e. The third-order valence-corrected chi connectivity index (χ3v) is 4.16. The third-order valence-electron chi connectivity index (χ3n) is 3.55. The maximum Gasteiger partial charge on any atom is 0.137 e. The van der Waals surface area contributed by atoms with Gasteiger partial charge in [0.1, 0.15) is 5.82 Å². The molecule has 0 saturated carbocycles. The number of nitrogens with two attached hydrogens (primary N) is 1. The van der Waals surface area contributed by atoms with Crippen LogP contribution < -0.4 is 5.73 Å². The molecule has 2 nitrogen and oxygen atoms in total. The first kappa shape index (κ1) is 13.0. The van der Waals surface area contributed by atoms with Gasteiger partial charge in [-0.25, -0.2) is 4.39 Å². The second kappa shape index (κ2) is 5.46. The predicted molar refractivity (Wildman–Crippen MR) is 71.3 cm³/mol. The second-order valence-electron chi connectivity index (χ2n) is 4.72. The zero-order valence-corrected chi connectivity index (χ0v) is 11.6. The van der Waals surface area contributed by atoms with Crippen LogP contribution in [0.4, 0.5) is 4.39 Å². The van der Waals surface area contributed by atoms with Crippen molar-refractivity contribution in [2.75, 3.05) is 13.1 Å². The average Bonchev–Trinajstić information content (AvgIpc) is 2.33. The lowest BCUT2D eigenvalue weighted by atomic mass is 10.0. The van der Waals surface area contributed by atoms with Crippen LogP contribution in [0, 0.1) is 5.82 Å². The van der Waals surface area contributed by atoms with Crippen molar-refractivity contribution in [2.45, 2.75) is 31.8 Å². The van der Waals surface area contributed by atoms with Gasteiger partial charge in [-0.1, -0.05) is 6.07 Å². The summed E-state index contributed by atoms with van der Waals surface area (Å²) < 4.78 is 13.7. The molecule has 1 aromatic rings. The normalized spacial score (nSPS) is 20.5. The summed E-state index contributed by atoms with van der Waals surface area (Å²) in [6, 6.07) is 5.91. The lowest BCUT2D eigenvalue weighted by Gasteiger charge is -2.35. The zero-order chi connectivity index (χ0) is 12.4. The molecule has 1 saturated heterocycles. The van der Waals surface area contributed by atoms with Crippen LogP contribution in [0.15, 0.2) is 22.7 Å². The van der Waals surface area contributed by atoms with E-state index in [4.69, 9.17) is 5.73 Å². The van der Waals surface area contributed by atoms with E-state index in [-0.39, 0.29) is 5.82 Å². The summed E-state index contributed by atoms with van der Waals surface area (Å²) in [6.07, 6.45) is 2.10. The molecule has 1 heterocycles. The molecule has 0 radical (unpaired) electrons. The Bertz CT molecular complexity index is 389. The molecule has 0 aromatic heterocycles. The first-order valence-corrected chi connectivity index (χ1v) is 6.82. The fourth-order valence-corrected chi connectivity index (χ4v) is 2.69. The van der Waals surface area contributed by atoms with E-state index < -0.39 is 0 Å².